The number of amides is 1. The third-order valence-corrected chi connectivity index (χ3v) is 3.44. The second-order valence-corrected chi connectivity index (χ2v) is 5.41. The van der Waals surface area contributed by atoms with Gasteiger partial charge in [-0.25, -0.2) is 0 Å². The molecule has 0 saturated heterocycles. The predicted octanol–water partition coefficient (Wildman–Crippen LogP) is 3.39. The molecule has 0 aliphatic heterocycles. The summed E-state index contributed by atoms with van der Waals surface area (Å²) in [7, 11) is 0. The molecule has 2 heterocycles. The predicted molar refractivity (Wildman–Crippen MR) is 93.0 cm³/mol. The quantitative estimate of drug-likeness (QED) is 0.744. The highest BCUT2D eigenvalue weighted by molar-refractivity contribution is 6.30. The molecule has 3 rings (SSSR count). The Balaban J connectivity index is 1.60. The van der Waals surface area contributed by atoms with Crippen molar-refractivity contribution >= 4 is 29.0 Å². The lowest BCUT2D eigenvalue weighted by Gasteiger charge is -2.07. The van der Waals surface area contributed by atoms with Crippen molar-refractivity contribution in [2.24, 2.45) is 0 Å². The fourth-order valence-corrected chi connectivity index (χ4v) is 2.19. The SMILES string of the molecule is O=C(Nc1cccc(Cl)c1)c1ccc(NCc2ccncc2)nn1. The van der Waals surface area contributed by atoms with Crippen molar-refractivity contribution in [1.82, 2.24) is 15.2 Å². The molecule has 0 radical (unpaired) electrons. The standard InChI is InChI=1S/C17H14ClN5O/c18-13-2-1-3-14(10-13)21-17(24)15-4-5-16(23-22-15)20-11-12-6-8-19-9-7-12/h1-10H,11H2,(H,20,23)(H,21,24). The minimum atomic E-state index is -0.342. The van der Waals surface area contributed by atoms with E-state index >= 15 is 0 Å². The van der Waals surface area contributed by atoms with Gasteiger partial charge >= 0.3 is 0 Å². The van der Waals surface area contributed by atoms with Crippen molar-refractivity contribution in [1.29, 1.82) is 0 Å². The Hall–Kier alpha value is -2.99. The largest absolute Gasteiger partial charge is 0.365 e. The minimum absolute atomic E-state index is 0.226. The van der Waals surface area contributed by atoms with E-state index in [0.29, 0.717) is 23.1 Å². The van der Waals surface area contributed by atoms with Crippen LogP contribution in [0.1, 0.15) is 16.1 Å². The maximum absolute atomic E-state index is 12.1. The van der Waals surface area contributed by atoms with E-state index < -0.39 is 0 Å². The Morgan fingerprint density at radius 1 is 1.04 bits per heavy atom. The lowest BCUT2D eigenvalue weighted by Crippen LogP contribution is -2.14. The topological polar surface area (TPSA) is 79.8 Å². The van der Waals surface area contributed by atoms with E-state index in [-0.39, 0.29) is 11.6 Å². The zero-order chi connectivity index (χ0) is 16.8. The van der Waals surface area contributed by atoms with Crippen LogP contribution in [0.5, 0.6) is 0 Å². The van der Waals surface area contributed by atoms with E-state index in [9.17, 15) is 4.79 Å². The van der Waals surface area contributed by atoms with E-state index in [4.69, 9.17) is 11.6 Å². The first-order valence-electron chi connectivity index (χ1n) is 7.24. The third-order valence-electron chi connectivity index (χ3n) is 3.20. The molecule has 0 bridgehead atoms. The van der Waals surface area contributed by atoms with Gasteiger partial charge in [-0.1, -0.05) is 17.7 Å². The number of nitrogens with one attached hydrogen (secondary N) is 2. The summed E-state index contributed by atoms with van der Waals surface area (Å²) in [5, 5.41) is 14.4. The molecule has 0 fully saturated rings. The number of hydrogen-bond acceptors (Lipinski definition) is 5. The number of hydrogen-bond donors (Lipinski definition) is 2. The summed E-state index contributed by atoms with van der Waals surface area (Å²) < 4.78 is 0. The lowest BCUT2D eigenvalue weighted by molar-refractivity contribution is 0.102. The Bertz CT molecular complexity index is 824. The first kappa shape index (κ1) is 15.9. The molecule has 0 aliphatic rings. The molecule has 0 atom stereocenters. The van der Waals surface area contributed by atoms with Crippen LogP contribution in [0, 0.1) is 0 Å². The highest BCUT2D eigenvalue weighted by atomic mass is 35.5. The number of carbonyl (C=O) groups is 1. The van der Waals surface area contributed by atoms with Crippen LogP contribution in [0.15, 0.2) is 60.9 Å². The average molecular weight is 340 g/mol. The second kappa shape index (κ2) is 7.52. The number of aromatic nitrogens is 3. The van der Waals surface area contributed by atoms with Gasteiger partial charge in [0.15, 0.2) is 5.69 Å². The van der Waals surface area contributed by atoms with Crippen LogP contribution < -0.4 is 10.6 Å². The Morgan fingerprint density at radius 3 is 2.58 bits per heavy atom. The normalized spacial score (nSPS) is 10.2. The maximum atomic E-state index is 12.1. The number of halogens is 1. The van der Waals surface area contributed by atoms with Gasteiger partial charge in [0.25, 0.3) is 5.91 Å². The van der Waals surface area contributed by atoms with Crippen molar-refractivity contribution in [3.8, 4) is 0 Å². The number of anilines is 2. The molecule has 2 N–H and O–H groups in total. The number of benzene rings is 1. The molecule has 2 aromatic heterocycles. The summed E-state index contributed by atoms with van der Waals surface area (Å²) in [6.45, 7) is 0.602. The molecular weight excluding hydrogens is 326 g/mol. The van der Waals surface area contributed by atoms with E-state index in [1.54, 1.807) is 48.8 Å². The van der Waals surface area contributed by atoms with Crippen LogP contribution in [0.3, 0.4) is 0 Å². The van der Waals surface area contributed by atoms with Crippen LogP contribution in [-0.4, -0.2) is 21.1 Å². The number of nitrogens with zero attached hydrogens (tertiary/aromatic N) is 3. The Labute approximate surface area is 143 Å². The van der Waals surface area contributed by atoms with Crippen molar-refractivity contribution in [3.05, 3.63) is 77.2 Å². The van der Waals surface area contributed by atoms with Crippen molar-refractivity contribution < 1.29 is 4.79 Å². The zero-order valence-electron chi connectivity index (χ0n) is 12.6. The highest BCUT2D eigenvalue weighted by Gasteiger charge is 2.09. The van der Waals surface area contributed by atoms with Gasteiger partial charge in [-0.05, 0) is 48.0 Å². The Kier molecular flexibility index (Phi) is 4.98. The van der Waals surface area contributed by atoms with Gasteiger partial charge in [0.05, 0.1) is 0 Å². The van der Waals surface area contributed by atoms with Crippen molar-refractivity contribution in [3.63, 3.8) is 0 Å². The molecule has 120 valence electrons. The summed E-state index contributed by atoms with van der Waals surface area (Å²) in [5.74, 6) is 0.247. The molecule has 3 aromatic rings. The van der Waals surface area contributed by atoms with Crippen LogP contribution in [-0.2, 0) is 6.54 Å². The summed E-state index contributed by atoms with van der Waals surface area (Å²) >= 11 is 5.89. The summed E-state index contributed by atoms with van der Waals surface area (Å²) in [5.41, 5.74) is 1.91. The fourth-order valence-electron chi connectivity index (χ4n) is 2.00. The van der Waals surface area contributed by atoms with Gasteiger partial charge in [0.1, 0.15) is 5.82 Å². The van der Waals surface area contributed by atoms with Crippen LogP contribution in [0.2, 0.25) is 5.02 Å². The maximum Gasteiger partial charge on any atom is 0.276 e. The Morgan fingerprint density at radius 2 is 1.88 bits per heavy atom. The molecule has 1 aromatic carbocycles. The fraction of sp³-hybridized carbons (Fsp3) is 0.0588. The van der Waals surface area contributed by atoms with Crippen molar-refractivity contribution in [2.75, 3.05) is 10.6 Å². The summed E-state index contributed by atoms with van der Waals surface area (Å²) in [6.07, 6.45) is 3.46. The summed E-state index contributed by atoms with van der Waals surface area (Å²) in [6, 6.07) is 14.1. The summed E-state index contributed by atoms with van der Waals surface area (Å²) in [4.78, 5) is 16.1. The molecule has 6 nitrogen and oxygen atoms in total. The number of pyridine rings is 1. The smallest absolute Gasteiger partial charge is 0.276 e. The molecule has 24 heavy (non-hydrogen) atoms. The molecule has 0 unspecified atom stereocenters. The van der Waals surface area contributed by atoms with Crippen LogP contribution in [0.25, 0.3) is 0 Å². The van der Waals surface area contributed by atoms with Gasteiger partial charge in [-0.15, -0.1) is 10.2 Å². The van der Waals surface area contributed by atoms with Gasteiger partial charge in [0, 0.05) is 29.6 Å². The van der Waals surface area contributed by atoms with E-state index in [2.05, 4.69) is 25.8 Å². The number of rotatable bonds is 5. The molecule has 0 aliphatic carbocycles. The highest BCUT2D eigenvalue weighted by Crippen LogP contribution is 2.15. The first-order valence-corrected chi connectivity index (χ1v) is 7.62. The van der Waals surface area contributed by atoms with E-state index in [1.165, 1.54) is 0 Å². The van der Waals surface area contributed by atoms with Crippen LogP contribution in [0.4, 0.5) is 11.5 Å². The average Bonchev–Trinajstić information content (AvgIpc) is 2.61. The van der Waals surface area contributed by atoms with Crippen molar-refractivity contribution in [2.45, 2.75) is 6.54 Å². The zero-order valence-corrected chi connectivity index (χ0v) is 13.4. The lowest BCUT2D eigenvalue weighted by atomic mass is 10.2. The van der Waals surface area contributed by atoms with Crippen LogP contribution >= 0.6 is 11.6 Å². The monoisotopic (exact) mass is 339 g/mol. The van der Waals surface area contributed by atoms with Gasteiger partial charge < -0.3 is 10.6 Å². The van der Waals surface area contributed by atoms with Gasteiger partial charge in [0.2, 0.25) is 0 Å². The van der Waals surface area contributed by atoms with Gasteiger partial charge in [-0.3, -0.25) is 9.78 Å². The second-order valence-electron chi connectivity index (χ2n) is 4.98. The van der Waals surface area contributed by atoms with Gasteiger partial charge in [-0.2, -0.15) is 0 Å². The molecule has 0 saturated carbocycles. The third kappa shape index (κ3) is 4.27. The van der Waals surface area contributed by atoms with E-state index in [0.717, 1.165) is 5.56 Å². The first-order chi connectivity index (χ1) is 11.7. The molecular formula is C17H14ClN5O. The van der Waals surface area contributed by atoms with E-state index in [1.807, 2.05) is 12.1 Å². The minimum Gasteiger partial charge on any atom is -0.365 e. The number of carbonyl (C=O) groups excluding carboxylic acids is 1. The molecule has 7 heteroatoms. The molecule has 1 amide bonds. The molecule has 0 spiro atoms.